The summed E-state index contributed by atoms with van der Waals surface area (Å²) in [5, 5.41) is 9.80. The number of carbonyl (C=O) groups excluding carboxylic acids is 1. The lowest BCUT2D eigenvalue weighted by atomic mass is 10.0. The van der Waals surface area contributed by atoms with E-state index in [1.165, 1.54) is 0 Å². The molecule has 0 aromatic carbocycles. The van der Waals surface area contributed by atoms with Crippen molar-refractivity contribution in [2.75, 3.05) is 6.61 Å². The molecule has 1 rings (SSSR count). The summed E-state index contributed by atoms with van der Waals surface area (Å²) >= 11 is 0. The van der Waals surface area contributed by atoms with Crippen molar-refractivity contribution < 1.29 is 14.6 Å². The van der Waals surface area contributed by atoms with Crippen molar-refractivity contribution >= 4 is 5.97 Å². The van der Waals surface area contributed by atoms with E-state index in [4.69, 9.17) is 4.74 Å². The first-order valence-electron chi connectivity index (χ1n) is 4.94. The molecule has 76 valence electrons. The molecule has 0 heterocycles. The summed E-state index contributed by atoms with van der Waals surface area (Å²) in [6, 6.07) is 0. The minimum Gasteiger partial charge on any atom is -0.463 e. The predicted molar refractivity (Wildman–Crippen MR) is 49.2 cm³/mol. The lowest BCUT2D eigenvalue weighted by Gasteiger charge is -2.20. The van der Waals surface area contributed by atoms with Crippen LogP contribution in [0.25, 0.3) is 0 Å². The number of rotatable bonds is 3. The largest absolute Gasteiger partial charge is 0.463 e. The van der Waals surface area contributed by atoms with Crippen LogP contribution in [0, 0.1) is 5.92 Å². The molecule has 1 aliphatic carbocycles. The van der Waals surface area contributed by atoms with Crippen LogP contribution in [0.4, 0.5) is 0 Å². The topological polar surface area (TPSA) is 46.5 Å². The molecule has 0 amide bonds. The van der Waals surface area contributed by atoms with Gasteiger partial charge in [-0.2, -0.15) is 0 Å². The zero-order chi connectivity index (χ0) is 9.90. The van der Waals surface area contributed by atoms with Crippen molar-refractivity contribution in [2.45, 2.75) is 45.1 Å². The Labute approximate surface area is 79.1 Å². The lowest BCUT2D eigenvalue weighted by molar-refractivity contribution is -0.165. The van der Waals surface area contributed by atoms with E-state index < -0.39 is 11.6 Å². The number of esters is 1. The summed E-state index contributed by atoms with van der Waals surface area (Å²) in [7, 11) is 0. The van der Waals surface area contributed by atoms with Gasteiger partial charge in [-0.05, 0) is 31.6 Å². The maximum absolute atomic E-state index is 11.4. The lowest BCUT2D eigenvalue weighted by Crippen LogP contribution is -2.37. The number of hydrogen-bond donors (Lipinski definition) is 1. The fourth-order valence-corrected chi connectivity index (χ4v) is 1.54. The first kappa shape index (κ1) is 10.5. The van der Waals surface area contributed by atoms with Gasteiger partial charge in [-0.1, -0.05) is 13.8 Å². The Morgan fingerprint density at radius 3 is 2.46 bits per heavy atom. The van der Waals surface area contributed by atoms with Gasteiger partial charge in [-0.15, -0.1) is 0 Å². The fourth-order valence-electron chi connectivity index (χ4n) is 1.54. The molecule has 1 N–H and O–H groups in total. The number of hydrogen-bond acceptors (Lipinski definition) is 3. The summed E-state index contributed by atoms with van der Waals surface area (Å²) in [6.45, 7) is 4.36. The summed E-state index contributed by atoms with van der Waals surface area (Å²) in [5.74, 6) is -0.104. The van der Waals surface area contributed by atoms with Crippen LogP contribution in [-0.2, 0) is 9.53 Å². The van der Waals surface area contributed by atoms with Crippen molar-refractivity contribution in [3.63, 3.8) is 0 Å². The van der Waals surface area contributed by atoms with Gasteiger partial charge in [0.25, 0.3) is 0 Å². The molecule has 0 aromatic heterocycles. The zero-order valence-corrected chi connectivity index (χ0v) is 8.38. The van der Waals surface area contributed by atoms with Crippen LogP contribution < -0.4 is 0 Å². The van der Waals surface area contributed by atoms with Crippen molar-refractivity contribution in [2.24, 2.45) is 5.92 Å². The fraction of sp³-hybridized carbons (Fsp3) is 0.900. The molecule has 0 radical (unpaired) electrons. The van der Waals surface area contributed by atoms with Crippen LogP contribution >= 0.6 is 0 Å². The van der Waals surface area contributed by atoms with Gasteiger partial charge in [-0.3, -0.25) is 0 Å². The second-order valence-electron chi connectivity index (χ2n) is 4.23. The van der Waals surface area contributed by atoms with Crippen LogP contribution in [0.3, 0.4) is 0 Å². The van der Waals surface area contributed by atoms with E-state index in [1.807, 2.05) is 13.8 Å². The Balaban J connectivity index is 2.38. The van der Waals surface area contributed by atoms with Gasteiger partial charge in [0, 0.05) is 0 Å². The Bertz CT molecular complexity index is 181. The van der Waals surface area contributed by atoms with Gasteiger partial charge >= 0.3 is 5.97 Å². The van der Waals surface area contributed by atoms with Gasteiger partial charge in [0.15, 0.2) is 5.60 Å². The molecular formula is C10H18O3. The molecule has 0 bridgehead atoms. The highest BCUT2D eigenvalue weighted by Gasteiger charge is 2.40. The third kappa shape index (κ3) is 2.69. The highest BCUT2D eigenvalue weighted by atomic mass is 16.5. The molecule has 0 aliphatic heterocycles. The van der Waals surface area contributed by atoms with Crippen molar-refractivity contribution in [3.05, 3.63) is 0 Å². The molecule has 1 saturated carbocycles. The molecule has 13 heavy (non-hydrogen) atoms. The average Bonchev–Trinajstić information content (AvgIpc) is 2.49. The van der Waals surface area contributed by atoms with Crippen LogP contribution in [0.15, 0.2) is 0 Å². The predicted octanol–water partition coefficient (Wildman–Crippen LogP) is 1.49. The van der Waals surface area contributed by atoms with Gasteiger partial charge in [-0.25, -0.2) is 4.79 Å². The van der Waals surface area contributed by atoms with Gasteiger partial charge in [0.2, 0.25) is 0 Å². The van der Waals surface area contributed by atoms with E-state index in [-0.39, 0.29) is 0 Å². The standard InChI is InChI=1S/C10H18O3/c1-8(2)7-13-9(11)10(12)5-3-4-6-10/h8,12H,3-7H2,1-2H3. The molecule has 0 aromatic rings. The minimum atomic E-state index is -1.17. The summed E-state index contributed by atoms with van der Waals surface area (Å²) in [5.41, 5.74) is -1.17. The van der Waals surface area contributed by atoms with Crippen LogP contribution in [0.2, 0.25) is 0 Å². The minimum absolute atomic E-state index is 0.328. The molecule has 0 spiro atoms. The normalized spacial score (nSPS) is 20.6. The van der Waals surface area contributed by atoms with Gasteiger partial charge in [0.05, 0.1) is 6.61 Å². The van der Waals surface area contributed by atoms with Gasteiger partial charge in [0.1, 0.15) is 0 Å². The molecular weight excluding hydrogens is 168 g/mol. The summed E-state index contributed by atoms with van der Waals surface area (Å²) in [6.07, 6.45) is 2.97. The molecule has 0 unspecified atom stereocenters. The van der Waals surface area contributed by atoms with Crippen molar-refractivity contribution in [3.8, 4) is 0 Å². The van der Waals surface area contributed by atoms with Crippen LogP contribution in [0.5, 0.6) is 0 Å². The quantitative estimate of drug-likeness (QED) is 0.679. The molecule has 3 nitrogen and oxygen atoms in total. The number of ether oxygens (including phenoxy) is 1. The van der Waals surface area contributed by atoms with E-state index in [9.17, 15) is 9.90 Å². The van der Waals surface area contributed by atoms with E-state index in [0.717, 1.165) is 12.8 Å². The van der Waals surface area contributed by atoms with Crippen molar-refractivity contribution in [1.29, 1.82) is 0 Å². The maximum Gasteiger partial charge on any atom is 0.338 e. The van der Waals surface area contributed by atoms with E-state index in [2.05, 4.69) is 0 Å². The van der Waals surface area contributed by atoms with E-state index in [1.54, 1.807) is 0 Å². The van der Waals surface area contributed by atoms with E-state index in [0.29, 0.717) is 25.4 Å². The third-order valence-electron chi connectivity index (χ3n) is 2.36. The summed E-state index contributed by atoms with van der Waals surface area (Å²) in [4.78, 5) is 11.4. The monoisotopic (exact) mass is 186 g/mol. The second-order valence-corrected chi connectivity index (χ2v) is 4.23. The van der Waals surface area contributed by atoms with E-state index >= 15 is 0 Å². The number of aliphatic hydroxyl groups is 1. The highest BCUT2D eigenvalue weighted by Crippen LogP contribution is 2.30. The van der Waals surface area contributed by atoms with Gasteiger partial charge < -0.3 is 9.84 Å². The highest BCUT2D eigenvalue weighted by molar-refractivity contribution is 5.79. The second kappa shape index (κ2) is 4.09. The summed E-state index contributed by atoms with van der Waals surface area (Å²) < 4.78 is 5.00. The molecule has 0 saturated heterocycles. The van der Waals surface area contributed by atoms with Crippen molar-refractivity contribution in [1.82, 2.24) is 0 Å². The molecule has 3 heteroatoms. The Morgan fingerprint density at radius 2 is 2.00 bits per heavy atom. The molecule has 0 atom stereocenters. The number of carbonyl (C=O) groups is 1. The SMILES string of the molecule is CC(C)COC(=O)C1(O)CCCC1. The first-order valence-corrected chi connectivity index (χ1v) is 4.94. The first-order chi connectivity index (χ1) is 6.04. The molecule has 1 aliphatic rings. The van der Waals surface area contributed by atoms with Crippen LogP contribution in [-0.4, -0.2) is 23.3 Å². The Hall–Kier alpha value is -0.570. The maximum atomic E-state index is 11.4. The molecule has 1 fully saturated rings. The van der Waals surface area contributed by atoms with Crippen LogP contribution in [0.1, 0.15) is 39.5 Å². The smallest absolute Gasteiger partial charge is 0.338 e. The zero-order valence-electron chi connectivity index (χ0n) is 8.38. The Kier molecular flexibility index (Phi) is 3.31. The average molecular weight is 186 g/mol. The Morgan fingerprint density at radius 1 is 1.46 bits per heavy atom. The third-order valence-corrected chi connectivity index (χ3v) is 2.36.